The maximum absolute atomic E-state index is 12.2. The number of halogens is 1. The predicted octanol–water partition coefficient (Wildman–Crippen LogP) is 1.63. The van der Waals surface area contributed by atoms with E-state index in [2.05, 4.69) is 20.5 Å². The highest BCUT2D eigenvalue weighted by Crippen LogP contribution is 2.21. The molecule has 3 N–H and O–H groups in total. The molecule has 0 aromatic carbocycles. The van der Waals surface area contributed by atoms with Crippen LogP contribution in [0.3, 0.4) is 0 Å². The first-order valence-electron chi connectivity index (χ1n) is 6.06. The van der Waals surface area contributed by atoms with Crippen LogP contribution < -0.4 is 5.32 Å². The lowest BCUT2D eigenvalue weighted by Crippen LogP contribution is -2.34. The van der Waals surface area contributed by atoms with Gasteiger partial charge in [0, 0.05) is 23.7 Å². The summed E-state index contributed by atoms with van der Waals surface area (Å²) in [5.74, 6) is -1.77. The largest absolute Gasteiger partial charge is 0.479 e. The molecule has 0 aliphatic carbocycles. The third kappa shape index (κ3) is 3.03. The first-order chi connectivity index (χ1) is 9.91. The van der Waals surface area contributed by atoms with Crippen molar-refractivity contribution in [3.63, 3.8) is 0 Å². The van der Waals surface area contributed by atoms with E-state index in [0.717, 1.165) is 0 Å². The molecule has 1 amide bonds. The fraction of sp³-hybridized carbons (Fsp3) is 0.231. The Bertz CT molecular complexity index is 679. The molecule has 1 atom stereocenters. The lowest BCUT2D eigenvalue weighted by Gasteiger charge is -2.15. The lowest BCUT2D eigenvalue weighted by molar-refractivity contribution is -0.139. The van der Waals surface area contributed by atoms with Gasteiger partial charge in [-0.15, -0.1) is 0 Å². The van der Waals surface area contributed by atoms with E-state index in [9.17, 15) is 14.7 Å². The quantitative estimate of drug-likeness (QED) is 0.795. The molecule has 0 bridgehead atoms. The molecule has 0 aliphatic rings. The Morgan fingerprint density at radius 2 is 2.14 bits per heavy atom. The summed E-state index contributed by atoms with van der Waals surface area (Å²) in [4.78, 5) is 27.4. The second-order valence-corrected chi connectivity index (χ2v) is 4.86. The Labute approximate surface area is 125 Å². The normalized spacial score (nSPS) is 12.0. The molecule has 2 rings (SSSR count). The van der Waals surface area contributed by atoms with E-state index >= 15 is 0 Å². The number of H-pyrrole nitrogens is 1. The van der Waals surface area contributed by atoms with Crippen LogP contribution >= 0.6 is 11.6 Å². The maximum Gasteiger partial charge on any atom is 0.331 e. The summed E-state index contributed by atoms with van der Waals surface area (Å²) in [6.45, 7) is 3.36. The number of hydrogen-bond donors (Lipinski definition) is 3. The monoisotopic (exact) mass is 308 g/mol. The van der Waals surface area contributed by atoms with Crippen molar-refractivity contribution in [2.45, 2.75) is 19.9 Å². The van der Waals surface area contributed by atoms with Crippen molar-refractivity contribution in [2.75, 3.05) is 0 Å². The summed E-state index contributed by atoms with van der Waals surface area (Å²) < 4.78 is 0. The van der Waals surface area contributed by atoms with E-state index in [4.69, 9.17) is 11.6 Å². The SMILES string of the molecule is Cc1n[nH]c(C)c1C(NC(=O)c1ccncc1Cl)C(=O)O. The number of aromatic nitrogens is 3. The fourth-order valence-corrected chi connectivity index (χ4v) is 2.22. The van der Waals surface area contributed by atoms with Gasteiger partial charge in [0.2, 0.25) is 0 Å². The van der Waals surface area contributed by atoms with Gasteiger partial charge >= 0.3 is 5.97 Å². The van der Waals surface area contributed by atoms with Gasteiger partial charge in [0.05, 0.1) is 16.3 Å². The number of hydrogen-bond acceptors (Lipinski definition) is 4. The second-order valence-electron chi connectivity index (χ2n) is 4.45. The molecule has 2 aromatic rings. The molecule has 0 spiro atoms. The molecule has 0 saturated heterocycles. The Morgan fingerprint density at radius 3 is 2.67 bits per heavy atom. The van der Waals surface area contributed by atoms with Crippen molar-refractivity contribution >= 4 is 23.5 Å². The minimum atomic E-state index is -1.21. The van der Waals surface area contributed by atoms with Gasteiger partial charge in [0.15, 0.2) is 6.04 Å². The van der Waals surface area contributed by atoms with Gasteiger partial charge in [-0.1, -0.05) is 11.6 Å². The number of amides is 1. The molecule has 7 nitrogen and oxygen atoms in total. The Kier molecular flexibility index (Phi) is 4.23. The van der Waals surface area contributed by atoms with Crippen molar-refractivity contribution in [3.05, 3.63) is 46.0 Å². The van der Waals surface area contributed by atoms with Crippen LogP contribution in [0.4, 0.5) is 0 Å². The van der Waals surface area contributed by atoms with Crippen molar-refractivity contribution in [1.29, 1.82) is 0 Å². The Balaban J connectivity index is 2.32. The third-order valence-corrected chi connectivity index (χ3v) is 3.31. The first kappa shape index (κ1) is 15.0. The number of aliphatic carboxylic acids is 1. The predicted molar refractivity (Wildman–Crippen MR) is 75.2 cm³/mol. The number of nitrogens with one attached hydrogen (secondary N) is 2. The molecule has 1 unspecified atom stereocenters. The number of aryl methyl sites for hydroxylation is 2. The summed E-state index contributed by atoms with van der Waals surface area (Å²) in [7, 11) is 0. The summed E-state index contributed by atoms with van der Waals surface area (Å²) in [5.41, 5.74) is 1.69. The van der Waals surface area contributed by atoms with Crippen LogP contribution in [-0.2, 0) is 4.79 Å². The van der Waals surface area contributed by atoms with Gasteiger partial charge in [-0.3, -0.25) is 14.9 Å². The fourth-order valence-electron chi connectivity index (χ4n) is 2.01. The van der Waals surface area contributed by atoms with Crippen molar-refractivity contribution < 1.29 is 14.7 Å². The van der Waals surface area contributed by atoms with Crippen LogP contribution in [0.1, 0.15) is 33.4 Å². The zero-order chi connectivity index (χ0) is 15.6. The number of rotatable bonds is 4. The molecule has 21 heavy (non-hydrogen) atoms. The highest BCUT2D eigenvalue weighted by Gasteiger charge is 2.28. The topological polar surface area (TPSA) is 108 Å². The highest BCUT2D eigenvalue weighted by atomic mass is 35.5. The molecule has 2 heterocycles. The minimum Gasteiger partial charge on any atom is -0.479 e. The van der Waals surface area contributed by atoms with Crippen LogP contribution in [0.2, 0.25) is 5.02 Å². The molecule has 0 saturated carbocycles. The van der Waals surface area contributed by atoms with Crippen molar-refractivity contribution in [2.24, 2.45) is 0 Å². The van der Waals surface area contributed by atoms with Crippen LogP contribution in [0.25, 0.3) is 0 Å². The van der Waals surface area contributed by atoms with E-state index in [1.807, 2.05) is 0 Å². The van der Waals surface area contributed by atoms with Crippen LogP contribution in [0, 0.1) is 13.8 Å². The van der Waals surface area contributed by atoms with E-state index in [1.54, 1.807) is 13.8 Å². The Morgan fingerprint density at radius 1 is 1.43 bits per heavy atom. The van der Waals surface area contributed by atoms with Crippen LogP contribution in [0.15, 0.2) is 18.5 Å². The summed E-state index contributed by atoms with van der Waals surface area (Å²) in [6.07, 6.45) is 2.73. The van der Waals surface area contributed by atoms with Gasteiger partial charge in [-0.05, 0) is 19.9 Å². The number of nitrogens with zero attached hydrogens (tertiary/aromatic N) is 2. The molecule has 8 heteroatoms. The summed E-state index contributed by atoms with van der Waals surface area (Å²) >= 11 is 5.88. The number of carbonyl (C=O) groups is 2. The number of pyridine rings is 1. The summed E-state index contributed by atoms with van der Waals surface area (Å²) in [5, 5.41) is 18.6. The van der Waals surface area contributed by atoms with Gasteiger partial charge in [0.25, 0.3) is 5.91 Å². The molecule has 110 valence electrons. The number of carboxylic acids is 1. The minimum absolute atomic E-state index is 0.153. The maximum atomic E-state index is 12.2. The average molecular weight is 309 g/mol. The molecule has 0 fully saturated rings. The van der Waals surface area contributed by atoms with Crippen molar-refractivity contribution in [3.8, 4) is 0 Å². The van der Waals surface area contributed by atoms with E-state index < -0.39 is 17.9 Å². The molecule has 2 aromatic heterocycles. The highest BCUT2D eigenvalue weighted by molar-refractivity contribution is 6.33. The van der Waals surface area contributed by atoms with E-state index in [1.165, 1.54) is 18.5 Å². The van der Waals surface area contributed by atoms with Gasteiger partial charge in [-0.25, -0.2) is 4.79 Å². The van der Waals surface area contributed by atoms with Crippen molar-refractivity contribution in [1.82, 2.24) is 20.5 Å². The van der Waals surface area contributed by atoms with E-state index in [0.29, 0.717) is 17.0 Å². The summed E-state index contributed by atoms with van der Waals surface area (Å²) in [6, 6.07) is 0.214. The lowest BCUT2D eigenvalue weighted by atomic mass is 10.0. The first-order valence-corrected chi connectivity index (χ1v) is 6.44. The van der Waals surface area contributed by atoms with Crippen LogP contribution in [0.5, 0.6) is 0 Å². The number of carboxylic acid groups (broad SMARTS) is 1. The molecular formula is C13H13ClN4O3. The third-order valence-electron chi connectivity index (χ3n) is 3.01. The second kappa shape index (κ2) is 5.92. The zero-order valence-electron chi connectivity index (χ0n) is 11.3. The zero-order valence-corrected chi connectivity index (χ0v) is 12.1. The van der Waals surface area contributed by atoms with Gasteiger partial charge in [0.1, 0.15) is 0 Å². The number of aromatic amines is 1. The number of carbonyl (C=O) groups excluding carboxylic acids is 1. The van der Waals surface area contributed by atoms with Crippen LogP contribution in [-0.4, -0.2) is 32.2 Å². The smallest absolute Gasteiger partial charge is 0.331 e. The molecular weight excluding hydrogens is 296 g/mol. The Hall–Kier alpha value is -2.41. The molecule has 0 radical (unpaired) electrons. The van der Waals surface area contributed by atoms with Gasteiger partial charge < -0.3 is 10.4 Å². The average Bonchev–Trinajstić information content (AvgIpc) is 2.76. The van der Waals surface area contributed by atoms with E-state index in [-0.39, 0.29) is 10.6 Å². The van der Waals surface area contributed by atoms with Gasteiger partial charge in [-0.2, -0.15) is 5.10 Å². The molecule has 0 aliphatic heterocycles. The standard InChI is InChI=1S/C13H13ClN4O3/c1-6-10(7(2)18-17-6)11(13(20)21)16-12(19)8-3-4-15-5-9(8)14/h3-5,11H,1-2H3,(H,16,19)(H,17,18)(H,20,21).